The number of hydrogen-bond donors (Lipinski definition) is 0. The van der Waals surface area contributed by atoms with Crippen LogP contribution in [-0.2, 0) is 0 Å². The predicted molar refractivity (Wildman–Crippen MR) is 28.6 cm³/mol. The molecule has 8 valence electrons. The SMILES string of the molecule is [KH].[KH].[NaH].[NaH]. The van der Waals surface area contributed by atoms with E-state index in [1.54, 1.807) is 0 Å². The van der Waals surface area contributed by atoms with E-state index in [1.807, 2.05) is 0 Å². The van der Waals surface area contributed by atoms with Crippen LogP contribution < -0.4 is 0 Å². The van der Waals surface area contributed by atoms with Gasteiger partial charge in [-0.15, -0.1) is 0 Å². The molecule has 0 atom stereocenters. The quantitative estimate of drug-likeness (QED) is 0.314. The molecule has 0 saturated heterocycles. The maximum absolute atomic E-state index is 0. The second-order valence-electron chi connectivity index (χ2n) is 0. The zero-order valence-electron chi connectivity index (χ0n) is 0. The second kappa shape index (κ2) is 15.7. The third kappa shape index (κ3) is 10.3. The van der Waals surface area contributed by atoms with Gasteiger partial charge in [0.25, 0.3) is 0 Å². The van der Waals surface area contributed by atoms with Crippen LogP contribution in [0.3, 0.4) is 0 Å². The Hall–Kier alpha value is 5.27. The summed E-state index contributed by atoms with van der Waals surface area (Å²) in [4.78, 5) is 0. The maximum atomic E-state index is 0. The summed E-state index contributed by atoms with van der Waals surface area (Å²) in [5, 5.41) is 0. The number of hydrogen-bond acceptors (Lipinski definition) is 0. The normalized spacial score (nSPS) is 0. The van der Waals surface area contributed by atoms with E-state index < -0.39 is 0 Å². The fourth-order valence-electron chi connectivity index (χ4n) is 0. The topological polar surface area (TPSA) is 0 Å². The Balaban J connectivity index is 0. The van der Waals surface area contributed by atoms with Gasteiger partial charge in [0.1, 0.15) is 0 Å². The molecule has 4 heteroatoms. The standard InChI is InChI=1S/2K.2Na.4H. The molecule has 0 aromatic rings. The molecule has 0 amide bonds. The van der Waals surface area contributed by atoms with Crippen LogP contribution in [-0.4, -0.2) is 162 Å². The van der Waals surface area contributed by atoms with E-state index >= 15 is 0 Å². The third-order valence-corrected chi connectivity index (χ3v) is 0. The van der Waals surface area contributed by atoms with Gasteiger partial charge in [0.15, 0.2) is 0 Å². The van der Waals surface area contributed by atoms with Gasteiger partial charge in [-0.05, 0) is 0 Å². The summed E-state index contributed by atoms with van der Waals surface area (Å²) in [5.41, 5.74) is 0. The first-order valence-electron chi connectivity index (χ1n) is 0. The summed E-state index contributed by atoms with van der Waals surface area (Å²) in [5.74, 6) is 0. The van der Waals surface area contributed by atoms with Gasteiger partial charge in [0.05, 0.1) is 0 Å². The Bertz CT molecular complexity index is 4.00. The van der Waals surface area contributed by atoms with Crippen LogP contribution in [0, 0.1) is 0 Å². The monoisotopic (exact) mass is 128 g/mol. The number of rotatable bonds is 0. The van der Waals surface area contributed by atoms with Crippen molar-refractivity contribution >= 4 is 162 Å². The molecule has 4 heavy (non-hydrogen) atoms. The van der Waals surface area contributed by atoms with Gasteiger partial charge < -0.3 is 0 Å². The Morgan fingerprint density at radius 2 is 0.500 bits per heavy atom. The van der Waals surface area contributed by atoms with Crippen LogP contribution >= 0.6 is 0 Å². The predicted octanol–water partition coefficient (Wildman–Crippen LogP) is -2.59. The van der Waals surface area contributed by atoms with E-state index in [1.165, 1.54) is 0 Å². The Labute approximate surface area is 156 Å². The van der Waals surface area contributed by atoms with Gasteiger partial charge in [-0.25, -0.2) is 0 Å². The van der Waals surface area contributed by atoms with Crippen molar-refractivity contribution in [2.45, 2.75) is 0 Å². The third-order valence-electron chi connectivity index (χ3n) is 0. The molecule has 0 aromatic heterocycles. The molecule has 0 spiro atoms. The zero-order valence-corrected chi connectivity index (χ0v) is 0. The molecule has 0 N–H and O–H groups in total. The molecule has 0 rings (SSSR count). The molecule has 0 unspecified atom stereocenters. The minimum absolute atomic E-state index is 0. The first kappa shape index (κ1) is 22.8. The van der Waals surface area contributed by atoms with E-state index in [9.17, 15) is 0 Å². The van der Waals surface area contributed by atoms with Gasteiger partial charge >= 0.3 is 162 Å². The molecule has 0 aliphatic heterocycles. The van der Waals surface area contributed by atoms with Crippen LogP contribution in [0.25, 0.3) is 0 Å². The molecule has 0 heterocycles. The molecule has 0 fully saturated rings. The molecule has 0 nitrogen and oxygen atoms in total. The molecule has 0 aliphatic rings. The Morgan fingerprint density at radius 1 is 0.500 bits per heavy atom. The van der Waals surface area contributed by atoms with Crippen molar-refractivity contribution in [2.75, 3.05) is 0 Å². The summed E-state index contributed by atoms with van der Waals surface area (Å²) in [6, 6.07) is 0. The second-order valence-corrected chi connectivity index (χ2v) is 0. The molecule has 0 radical (unpaired) electrons. The molecule has 0 bridgehead atoms. The van der Waals surface area contributed by atoms with Crippen molar-refractivity contribution in [1.82, 2.24) is 0 Å². The Kier molecular flexibility index (Phi) is 89.8. The van der Waals surface area contributed by atoms with Crippen LogP contribution in [0.2, 0.25) is 0 Å². The van der Waals surface area contributed by atoms with E-state index in [4.69, 9.17) is 0 Å². The summed E-state index contributed by atoms with van der Waals surface area (Å²) >= 11 is 0. The average molecular weight is 128 g/mol. The van der Waals surface area contributed by atoms with Crippen molar-refractivity contribution in [3.63, 3.8) is 0 Å². The van der Waals surface area contributed by atoms with E-state index in [0.717, 1.165) is 0 Å². The van der Waals surface area contributed by atoms with Crippen molar-refractivity contribution in [2.24, 2.45) is 0 Å². The Morgan fingerprint density at radius 3 is 0.500 bits per heavy atom. The molecular weight excluding hydrogens is 124 g/mol. The van der Waals surface area contributed by atoms with Crippen LogP contribution in [0.4, 0.5) is 0 Å². The first-order chi connectivity index (χ1) is 0. The average Bonchev–Trinajstić information content (AvgIpc) is 0. The summed E-state index contributed by atoms with van der Waals surface area (Å²) in [6.07, 6.45) is 0. The van der Waals surface area contributed by atoms with Gasteiger partial charge in [-0.1, -0.05) is 0 Å². The van der Waals surface area contributed by atoms with E-state index in [-0.39, 0.29) is 162 Å². The molecular formula is H4K2Na2. The molecule has 0 aliphatic carbocycles. The van der Waals surface area contributed by atoms with Crippen LogP contribution in [0.5, 0.6) is 0 Å². The molecule has 0 aromatic carbocycles. The van der Waals surface area contributed by atoms with Crippen molar-refractivity contribution in [1.29, 1.82) is 0 Å². The minimum atomic E-state index is 0. The van der Waals surface area contributed by atoms with E-state index in [2.05, 4.69) is 0 Å². The van der Waals surface area contributed by atoms with Crippen LogP contribution in [0.1, 0.15) is 0 Å². The van der Waals surface area contributed by atoms with E-state index in [0.29, 0.717) is 0 Å². The summed E-state index contributed by atoms with van der Waals surface area (Å²) in [6.45, 7) is 0. The van der Waals surface area contributed by atoms with Gasteiger partial charge in [-0.3, -0.25) is 0 Å². The van der Waals surface area contributed by atoms with Gasteiger partial charge in [-0.2, -0.15) is 0 Å². The zero-order chi connectivity index (χ0) is 0. The summed E-state index contributed by atoms with van der Waals surface area (Å²) < 4.78 is 0. The van der Waals surface area contributed by atoms with Crippen LogP contribution in [0.15, 0.2) is 0 Å². The van der Waals surface area contributed by atoms with Crippen molar-refractivity contribution < 1.29 is 0 Å². The van der Waals surface area contributed by atoms with Crippen molar-refractivity contribution in [3.05, 3.63) is 0 Å². The van der Waals surface area contributed by atoms with Crippen molar-refractivity contribution in [3.8, 4) is 0 Å². The molecule has 0 saturated carbocycles. The fraction of sp³-hybridized carbons (Fsp3) is 0. The van der Waals surface area contributed by atoms with Gasteiger partial charge in [0.2, 0.25) is 0 Å². The van der Waals surface area contributed by atoms with Gasteiger partial charge in [0, 0.05) is 0 Å². The fourth-order valence-corrected chi connectivity index (χ4v) is 0. The summed E-state index contributed by atoms with van der Waals surface area (Å²) in [7, 11) is 0. The first-order valence-corrected chi connectivity index (χ1v) is 0.